The van der Waals surface area contributed by atoms with Crippen LogP contribution in [0.3, 0.4) is 0 Å². The lowest BCUT2D eigenvalue weighted by Gasteiger charge is -2.31. The van der Waals surface area contributed by atoms with Crippen LogP contribution in [-0.2, 0) is 13.1 Å². The lowest BCUT2D eigenvalue weighted by atomic mass is 9.99. The van der Waals surface area contributed by atoms with E-state index in [2.05, 4.69) is 35.5 Å². The third kappa shape index (κ3) is 2.72. The molecule has 108 valence electrons. The molecule has 1 aromatic rings. The number of fused-ring (bicyclic) bond motifs is 1. The van der Waals surface area contributed by atoms with E-state index >= 15 is 0 Å². The minimum absolute atomic E-state index is 0.0872. The zero-order valence-electron chi connectivity index (χ0n) is 12.2. The summed E-state index contributed by atoms with van der Waals surface area (Å²) in [6, 6.07) is 4.36. The van der Waals surface area contributed by atoms with Crippen molar-refractivity contribution in [3.05, 3.63) is 28.8 Å². The number of hydrogen-bond donors (Lipinski definition) is 1. The molecule has 2 heterocycles. The third-order valence-electron chi connectivity index (χ3n) is 4.31. The Kier molecular flexibility index (Phi) is 4.03. The molecule has 3 rings (SSSR count). The first-order valence-electron chi connectivity index (χ1n) is 7.37. The molecule has 0 spiro atoms. The van der Waals surface area contributed by atoms with Crippen molar-refractivity contribution in [2.75, 3.05) is 19.3 Å². The highest BCUT2D eigenvalue weighted by molar-refractivity contribution is 7.98. The molecule has 0 aliphatic carbocycles. The topological polar surface area (TPSA) is 32.3 Å². The van der Waals surface area contributed by atoms with E-state index in [4.69, 9.17) is 0 Å². The Morgan fingerprint density at radius 3 is 3.05 bits per heavy atom. The van der Waals surface area contributed by atoms with Gasteiger partial charge in [-0.3, -0.25) is 9.69 Å². The van der Waals surface area contributed by atoms with Gasteiger partial charge in [0.2, 0.25) is 0 Å². The minimum atomic E-state index is 0.0872. The summed E-state index contributed by atoms with van der Waals surface area (Å²) in [7, 11) is 0. The SMILES string of the molecule is CSc1cc(CN2CCC[C@H](C)C2)cc2c1CNC2=O. The zero-order valence-corrected chi connectivity index (χ0v) is 13.1. The van der Waals surface area contributed by atoms with Crippen LogP contribution in [0.2, 0.25) is 0 Å². The Labute approximate surface area is 125 Å². The first-order valence-corrected chi connectivity index (χ1v) is 8.60. The predicted octanol–water partition coefficient (Wildman–Crippen LogP) is 2.88. The minimum Gasteiger partial charge on any atom is -0.348 e. The highest BCUT2D eigenvalue weighted by atomic mass is 32.2. The van der Waals surface area contributed by atoms with Crippen molar-refractivity contribution in [2.24, 2.45) is 5.92 Å². The van der Waals surface area contributed by atoms with E-state index in [1.165, 1.54) is 42.0 Å². The van der Waals surface area contributed by atoms with E-state index in [9.17, 15) is 4.79 Å². The zero-order chi connectivity index (χ0) is 14.1. The fourth-order valence-electron chi connectivity index (χ4n) is 3.31. The van der Waals surface area contributed by atoms with Crippen LogP contribution in [0.4, 0.5) is 0 Å². The summed E-state index contributed by atoms with van der Waals surface area (Å²) >= 11 is 1.74. The van der Waals surface area contributed by atoms with Gasteiger partial charge >= 0.3 is 0 Å². The van der Waals surface area contributed by atoms with Crippen LogP contribution in [0, 0.1) is 5.92 Å². The molecule has 1 saturated heterocycles. The van der Waals surface area contributed by atoms with Gasteiger partial charge in [0.25, 0.3) is 5.91 Å². The monoisotopic (exact) mass is 290 g/mol. The maximum Gasteiger partial charge on any atom is 0.251 e. The normalized spacial score (nSPS) is 22.7. The maximum absolute atomic E-state index is 11.9. The van der Waals surface area contributed by atoms with Gasteiger partial charge in [0.1, 0.15) is 0 Å². The molecular formula is C16H22N2OS. The molecule has 2 aliphatic rings. The molecule has 1 atom stereocenters. The molecule has 1 amide bonds. The van der Waals surface area contributed by atoms with Gasteiger partial charge in [0.15, 0.2) is 0 Å². The summed E-state index contributed by atoms with van der Waals surface area (Å²) in [5.41, 5.74) is 3.34. The number of hydrogen-bond acceptors (Lipinski definition) is 3. The van der Waals surface area contributed by atoms with Crippen molar-refractivity contribution in [1.29, 1.82) is 0 Å². The summed E-state index contributed by atoms with van der Waals surface area (Å²) in [4.78, 5) is 15.7. The van der Waals surface area contributed by atoms with Crippen molar-refractivity contribution >= 4 is 17.7 Å². The number of nitrogens with zero attached hydrogens (tertiary/aromatic N) is 1. The van der Waals surface area contributed by atoms with E-state index in [0.29, 0.717) is 6.54 Å². The highest BCUT2D eigenvalue weighted by Gasteiger charge is 2.23. The van der Waals surface area contributed by atoms with Gasteiger partial charge in [0, 0.05) is 30.1 Å². The molecule has 0 unspecified atom stereocenters. The lowest BCUT2D eigenvalue weighted by molar-refractivity contribution is 0.0965. The Hall–Kier alpha value is -1.00. The van der Waals surface area contributed by atoms with Crippen molar-refractivity contribution in [3.63, 3.8) is 0 Å². The molecule has 3 nitrogen and oxygen atoms in total. The molecule has 2 aliphatic heterocycles. The van der Waals surface area contributed by atoms with E-state index in [-0.39, 0.29) is 5.91 Å². The molecule has 4 heteroatoms. The maximum atomic E-state index is 11.9. The lowest BCUT2D eigenvalue weighted by Crippen LogP contribution is -2.33. The smallest absolute Gasteiger partial charge is 0.251 e. The number of thioether (sulfide) groups is 1. The van der Waals surface area contributed by atoms with Crippen LogP contribution in [0.1, 0.15) is 41.3 Å². The number of carbonyl (C=O) groups excluding carboxylic acids is 1. The highest BCUT2D eigenvalue weighted by Crippen LogP contribution is 2.30. The standard InChI is InChI=1S/C16H22N2OS/c1-11-4-3-5-18(9-11)10-12-6-13-14(8-17-16(13)19)15(7-12)20-2/h6-7,11H,3-5,8-10H2,1-2H3,(H,17,19)/t11-/m0/s1. The average Bonchev–Trinajstić information content (AvgIpc) is 2.80. The van der Waals surface area contributed by atoms with Gasteiger partial charge in [-0.15, -0.1) is 11.8 Å². The van der Waals surface area contributed by atoms with Crippen LogP contribution >= 0.6 is 11.8 Å². The summed E-state index contributed by atoms with van der Waals surface area (Å²) in [6.45, 7) is 6.35. The van der Waals surface area contributed by atoms with Gasteiger partial charge in [-0.1, -0.05) is 6.92 Å². The number of nitrogens with one attached hydrogen (secondary N) is 1. The second-order valence-corrected chi connectivity index (χ2v) is 6.84. The number of likely N-dealkylation sites (tertiary alicyclic amines) is 1. The summed E-state index contributed by atoms with van der Waals surface area (Å²) in [5.74, 6) is 0.880. The van der Waals surface area contributed by atoms with E-state index in [1.54, 1.807) is 11.8 Å². The molecule has 0 radical (unpaired) electrons. The molecule has 1 fully saturated rings. The number of rotatable bonds is 3. The fraction of sp³-hybridized carbons (Fsp3) is 0.562. The van der Waals surface area contributed by atoms with Gasteiger partial charge in [-0.05, 0) is 54.8 Å². The predicted molar refractivity (Wildman–Crippen MR) is 83.1 cm³/mol. The molecule has 0 aromatic heterocycles. The van der Waals surface area contributed by atoms with Crippen molar-refractivity contribution in [2.45, 2.75) is 37.8 Å². The first kappa shape index (κ1) is 14.0. The fourth-order valence-corrected chi connectivity index (χ4v) is 4.01. The summed E-state index contributed by atoms with van der Waals surface area (Å²) in [5, 5.41) is 2.93. The number of amides is 1. The number of benzene rings is 1. The first-order chi connectivity index (χ1) is 9.67. The molecular weight excluding hydrogens is 268 g/mol. The summed E-state index contributed by atoms with van der Waals surface area (Å²) in [6.07, 6.45) is 4.73. The third-order valence-corrected chi connectivity index (χ3v) is 5.11. The van der Waals surface area contributed by atoms with Gasteiger partial charge in [0.05, 0.1) is 0 Å². The van der Waals surface area contributed by atoms with Crippen LogP contribution < -0.4 is 5.32 Å². The van der Waals surface area contributed by atoms with Gasteiger partial charge in [-0.25, -0.2) is 0 Å². The van der Waals surface area contributed by atoms with E-state index in [0.717, 1.165) is 18.0 Å². The molecule has 1 aromatic carbocycles. The Morgan fingerprint density at radius 1 is 1.45 bits per heavy atom. The van der Waals surface area contributed by atoms with Crippen LogP contribution in [0.15, 0.2) is 17.0 Å². The second-order valence-electron chi connectivity index (χ2n) is 5.99. The summed E-state index contributed by atoms with van der Waals surface area (Å²) < 4.78 is 0. The van der Waals surface area contributed by atoms with Gasteiger partial charge in [-0.2, -0.15) is 0 Å². The number of piperidine rings is 1. The van der Waals surface area contributed by atoms with Crippen molar-refractivity contribution < 1.29 is 4.79 Å². The Morgan fingerprint density at radius 2 is 2.30 bits per heavy atom. The molecule has 1 N–H and O–H groups in total. The molecule has 0 saturated carbocycles. The number of carbonyl (C=O) groups is 1. The van der Waals surface area contributed by atoms with E-state index in [1.807, 2.05) is 0 Å². The van der Waals surface area contributed by atoms with Crippen molar-refractivity contribution in [3.8, 4) is 0 Å². The second kappa shape index (κ2) is 5.78. The average molecular weight is 290 g/mol. The van der Waals surface area contributed by atoms with E-state index < -0.39 is 0 Å². The Balaban J connectivity index is 1.83. The Bertz CT molecular complexity index is 529. The van der Waals surface area contributed by atoms with Crippen LogP contribution in [-0.4, -0.2) is 30.2 Å². The largest absolute Gasteiger partial charge is 0.348 e. The van der Waals surface area contributed by atoms with Crippen molar-refractivity contribution in [1.82, 2.24) is 10.2 Å². The van der Waals surface area contributed by atoms with Gasteiger partial charge < -0.3 is 5.32 Å². The van der Waals surface area contributed by atoms with Crippen LogP contribution in [0.25, 0.3) is 0 Å². The van der Waals surface area contributed by atoms with Crippen LogP contribution in [0.5, 0.6) is 0 Å². The quantitative estimate of drug-likeness (QED) is 0.869. The molecule has 0 bridgehead atoms. The molecule has 20 heavy (non-hydrogen) atoms.